The molecule has 3 aromatic rings. The zero-order valence-electron chi connectivity index (χ0n) is 15.9. The van der Waals surface area contributed by atoms with Crippen LogP contribution in [0.3, 0.4) is 0 Å². The Balaban J connectivity index is 1.95. The van der Waals surface area contributed by atoms with Gasteiger partial charge in [0, 0.05) is 18.4 Å². The minimum absolute atomic E-state index is 0.216. The summed E-state index contributed by atoms with van der Waals surface area (Å²) in [5, 5.41) is 5.80. The first kappa shape index (κ1) is 18.6. The van der Waals surface area contributed by atoms with Gasteiger partial charge in [-0.1, -0.05) is 37.6 Å². The lowest BCUT2D eigenvalue weighted by molar-refractivity contribution is 0.0942. The molecule has 6 nitrogen and oxygen atoms in total. The molecular formula is C21H24N4O2. The number of aromatic nitrogens is 2. The molecule has 1 aromatic carbocycles. The SMILES string of the molecule is CCCCNC(=O)c1nc(C(=O)Nc2c(C)cccc2C)c2ccccn12. The molecule has 0 saturated carbocycles. The number of pyridine rings is 1. The van der Waals surface area contributed by atoms with Crippen LogP contribution >= 0.6 is 0 Å². The van der Waals surface area contributed by atoms with E-state index in [0.29, 0.717) is 12.1 Å². The number of nitrogens with zero attached hydrogens (tertiary/aromatic N) is 2. The highest BCUT2D eigenvalue weighted by atomic mass is 16.2. The Morgan fingerprint density at radius 2 is 1.78 bits per heavy atom. The Hall–Kier alpha value is -3.15. The van der Waals surface area contributed by atoms with Gasteiger partial charge in [-0.25, -0.2) is 4.98 Å². The van der Waals surface area contributed by atoms with E-state index in [1.165, 1.54) is 0 Å². The third-order valence-electron chi connectivity index (χ3n) is 4.50. The van der Waals surface area contributed by atoms with Crippen molar-refractivity contribution < 1.29 is 9.59 Å². The zero-order chi connectivity index (χ0) is 19.4. The van der Waals surface area contributed by atoms with Gasteiger partial charge in [0.15, 0.2) is 5.69 Å². The zero-order valence-corrected chi connectivity index (χ0v) is 15.9. The molecule has 0 aliphatic rings. The standard InChI is InChI=1S/C21H24N4O2/c1-4-5-12-22-21(27)19-23-18(16-11-6-7-13-25(16)19)20(26)24-17-14(2)9-8-10-15(17)3/h6-11,13H,4-5,12H2,1-3H3,(H,22,27)(H,24,26). The lowest BCUT2D eigenvalue weighted by atomic mass is 10.1. The summed E-state index contributed by atoms with van der Waals surface area (Å²) in [6.45, 7) is 6.54. The van der Waals surface area contributed by atoms with E-state index in [1.807, 2.05) is 44.2 Å². The normalized spacial score (nSPS) is 10.8. The van der Waals surface area contributed by atoms with Gasteiger partial charge in [0.05, 0.1) is 5.52 Å². The van der Waals surface area contributed by atoms with E-state index >= 15 is 0 Å². The molecule has 0 aliphatic carbocycles. The number of aryl methyl sites for hydroxylation is 2. The fourth-order valence-corrected chi connectivity index (χ4v) is 3.01. The topological polar surface area (TPSA) is 75.5 Å². The second-order valence-electron chi connectivity index (χ2n) is 6.57. The first-order valence-corrected chi connectivity index (χ1v) is 9.15. The highest BCUT2D eigenvalue weighted by Crippen LogP contribution is 2.21. The van der Waals surface area contributed by atoms with Gasteiger partial charge in [-0.15, -0.1) is 0 Å². The minimum Gasteiger partial charge on any atom is -0.349 e. The van der Waals surface area contributed by atoms with Gasteiger partial charge in [-0.05, 0) is 43.5 Å². The summed E-state index contributed by atoms with van der Waals surface area (Å²) in [6.07, 6.45) is 3.63. The van der Waals surface area contributed by atoms with Crippen LogP contribution in [-0.2, 0) is 0 Å². The number of amides is 2. The number of anilines is 1. The van der Waals surface area contributed by atoms with Crippen molar-refractivity contribution >= 4 is 23.0 Å². The molecule has 0 saturated heterocycles. The van der Waals surface area contributed by atoms with Gasteiger partial charge in [-0.2, -0.15) is 0 Å². The first-order chi connectivity index (χ1) is 13.0. The molecule has 27 heavy (non-hydrogen) atoms. The molecule has 0 aliphatic heterocycles. The lowest BCUT2D eigenvalue weighted by Crippen LogP contribution is -2.26. The summed E-state index contributed by atoms with van der Waals surface area (Å²) >= 11 is 0. The lowest BCUT2D eigenvalue weighted by Gasteiger charge is -2.10. The molecule has 0 spiro atoms. The Bertz CT molecular complexity index is 971. The van der Waals surface area contributed by atoms with Crippen LogP contribution in [0, 0.1) is 13.8 Å². The number of carbonyl (C=O) groups excluding carboxylic acids is 2. The van der Waals surface area contributed by atoms with E-state index in [1.54, 1.807) is 16.7 Å². The second kappa shape index (κ2) is 8.03. The summed E-state index contributed by atoms with van der Waals surface area (Å²) in [7, 11) is 0. The molecule has 0 unspecified atom stereocenters. The fourth-order valence-electron chi connectivity index (χ4n) is 3.01. The number of unbranched alkanes of at least 4 members (excludes halogenated alkanes) is 1. The quantitative estimate of drug-likeness (QED) is 0.654. The van der Waals surface area contributed by atoms with Gasteiger partial charge in [0.2, 0.25) is 5.82 Å². The first-order valence-electron chi connectivity index (χ1n) is 9.15. The molecular weight excluding hydrogens is 340 g/mol. The van der Waals surface area contributed by atoms with Gasteiger partial charge >= 0.3 is 0 Å². The van der Waals surface area contributed by atoms with E-state index < -0.39 is 0 Å². The Labute approximate surface area is 158 Å². The summed E-state index contributed by atoms with van der Waals surface area (Å²) in [4.78, 5) is 29.8. The van der Waals surface area contributed by atoms with Gasteiger partial charge in [0.25, 0.3) is 11.8 Å². The molecule has 0 atom stereocenters. The maximum Gasteiger partial charge on any atom is 0.287 e. The third kappa shape index (κ3) is 3.84. The molecule has 0 bridgehead atoms. The average molecular weight is 364 g/mol. The van der Waals surface area contributed by atoms with Gasteiger partial charge in [-0.3, -0.25) is 14.0 Å². The monoisotopic (exact) mass is 364 g/mol. The van der Waals surface area contributed by atoms with Crippen molar-refractivity contribution in [3.8, 4) is 0 Å². The average Bonchev–Trinajstić information content (AvgIpc) is 3.05. The van der Waals surface area contributed by atoms with E-state index in [0.717, 1.165) is 29.7 Å². The summed E-state index contributed by atoms with van der Waals surface area (Å²) < 4.78 is 1.65. The van der Waals surface area contributed by atoms with Gasteiger partial charge in [0.1, 0.15) is 0 Å². The summed E-state index contributed by atoms with van der Waals surface area (Å²) in [6, 6.07) is 11.3. The number of imidazole rings is 1. The van der Waals surface area contributed by atoms with E-state index in [2.05, 4.69) is 22.5 Å². The maximum atomic E-state index is 12.9. The molecule has 2 aromatic heterocycles. The molecule has 3 rings (SSSR count). The van der Waals surface area contributed by atoms with Crippen LogP contribution in [-0.4, -0.2) is 27.7 Å². The van der Waals surface area contributed by atoms with Crippen molar-refractivity contribution in [1.82, 2.24) is 14.7 Å². The number of hydrogen-bond acceptors (Lipinski definition) is 3. The van der Waals surface area contributed by atoms with Crippen molar-refractivity contribution in [2.75, 3.05) is 11.9 Å². The van der Waals surface area contributed by atoms with Crippen LogP contribution in [0.15, 0.2) is 42.6 Å². The van der Waals surface area contributed by atoms with Crippen molar-refractivity contribution in [2.45, 2.75) is 33.6 Å². The van der Waals surface area contributed by atoms with Crippen LogP contribution in [0.4, 0.5) is 5.69 Å². The summed E-state index contributed by atoms with van der Waals surface area (Å²) in [5.41, 5.74) is 3.56. The van der Waals surface area contributed by atoms with Crippen LogP contribution in [0.2, 0.25) is 0 Å². The van der Waals surface area contributed by atoms with E-state index in [9.17, 15) is 9.59 Å². The highest BCUT2D eigenvalue weighted by Gasteiger charge is 2.22. The molecule has 0 fully saturated rings. The number of carbonyl (C=O) groups is 2. The molecule has 140 valence electrons. The Morgan fingerprint density at radius 1 is 1.04 bits per heavy atom. The van der Waals surface area contributed by atoms with Crippen LogP contribution in [0.25, 0.3) is 5.52 Å². The van der Waals surface area contributed by atoms with Crippen molar-refractivity contribution in [1.29, 1.82) is 0 Å². The van der Waals surface area contributed by atoms with Crippen molar-refractivity contribution in [3.05, 3.63) is 65.2 Å². The summed E-state index contributed by atoms with van der Waals surface area (Å²) in [5.74, 6) is -0.396. The molecule has 6 heteroatoms. The van der Waals surface area contributed by atoms with Crippen LogP contribution in [0.1, 0.15) is 52.0 Å². The predicted molar refractivity (Wildman–Crippen MR) is 106 cm³/mol. The maximum absolute atomic E-state index is 12.9. The molecule has 2 heterocycles. The van der Waals surface area contributed by atoms with Gasteiger partial charge < -0.3 is 10.6 Å². The number of hydrogen-bond donors (Lipinski definition) is 2. The minimum atomic E-state index is -0.330. The molecule has 2 amide bonds. The number of rotatable bonds is 6. The van der Waals surface area contributed by atoms with E-state index in [-0.39, 0.29) is 23.3 Å². The van der Waals surface area contributed by atoms with E-state index in [4.69, 9.17) is 0 Å². The van der Waals surface area contributed by atoms with Crippen molar-refractivity contribution in [3.63, 3.8) is 0 Å². The highest BCUT2D eigenvalue weighted by molar-refractivity contribution is 6.09. The molecule has 0 radical (unpaired) electrons. The number of benzene rings is 1. The predicted octanol–water partition coefficient (Wildman–Crippen LogP) is 3.73. The third-order valence-corrected chi connectivity index (χ3v) is 4.50. The molecule has 2 N–H and O–H groups in total. The van der Waals surface area contributed by atoms with Crippen LogP contribution < -0.4 is 10.6 Å². The smallest absolute Gasteiger partial charge is 0.287 e. The van der Waals surface area contributed by atoms with Crippen molar-refractivity contribution in [2.24, 2.45) is 0 Å². The van der Waals surface area contributed by atoms with Crippen LogP contribution in [0.5, 0.6) is 0 Å². The second-order valence-corrected chi connectivity index (χ2v) is 6.57. The number of nitrogens with one attached hydrogen (secondary N) is 2. The number of para-hydroxylation sites is 1. The largest absolute Gasteiger partial charge is 0.349 e. The Morgan fingerprint density at radius 3 is 2.48 bits per heavy atom. The Kier molecular flexibility index (Phi) is 5.54. The fraction of sp³-hybridized carbons (Fsp3) is 0.286. The number of fused-ring (bicyclic) bond motifs is 1.